The normalized spacial score (nSPS) is 14.7. The van der Waals surface area contributed by atoms with Crippen molar-refractivity contribution in [3.8, 4) is 17.2 Å². The number of amides is 5. The molecule has 1 heterocycles. The number of halogens is 1. The van der Waals surface area contributed by atoms with Crippen LogP contribution in [0.5, 0.6) is 17.2 Å². The van der Waals surface area contributed by atoms with E-state index >= 15 is 0 Å². The van der Waals surface area contributed by atoms with Crippen LogP contribution in [-0.4, -0.2) is 43.6 Å². The summed E-state index contributed by atoms with van der Waals surface area (Å²) in [5.74, 6) is -1.30. The van der Waals surface area contributed by atoms with Crippen molar-refractivity contribution in [1.82, 2.24) is 5.32 Å². The van der Waals surface area contributed by atoms with Gasteiger partial charge in [0.05, 0.1) is 23.9 Å². The van der Waals surface area contributed by atoms with E-state index < -0.39 is 23.8 Å². The van der Waals surface area contributed by atoms with Gasteiger partial charge in [-0.25, -0.2) is 9.69 Å². The fourth-order valence-electron chi connectivity index (χ4n) is 3.17. The summed E-state index contributed by atoms with van der Waals surface area (Å²) in [6.07, 6.45) is 2.09. The zero-order valence-corrected chi connectivity index (χ0v) is 19.9. The first-order valence-electron chi connectivity index (χ1n) is 10.8. The van der Waals surface area contributed by atoms with Crippen molar-refractivity contribution >= 4 is 47.1 Å². The lowest BCUT2D eigenvalue weighted by Crippen LogP contribution is -2.54. The Hall–Kier alpha value is -4.05. The third-order valence-electron chi connectivity index (χ3n) is 4.69. The Kier molecular flexibility index (Phi) is 8.32. The van der Waals surface area contributed by atoms with Gasteiger partial charge in [-0.3, -0.25) is 19.7 Å². The monoisotopic (exact) mass is 501 g/mol. The third kappa shape index (κ3) is 6.10. The first kappa shape index (κ1) is 25.6. The highest BCUT2D eigenvalue weighted by molar-refractivity contribution is 6.39. The molecule has 1 saturated heterocycles. The quantitative estimate of drug-likeness (QED) is 0.377. The number of rotatable bonds is 10. The molecule has 3 rings (SSSR count). The molecule has 0 unspecified atom stereocenters. The minimum Gasteiger partial charge on any atom is -0.490 e. The van der Waals surface area contributed by atoms with E-state index in [1.807, 2.05) is 6.92 Å². The molecule has 0 aliphatic carbocycles. The van der Waals surface area contributed by atoms with E-state index in [1.165, 1.54) is 36.4 Å². The summed E-state index contributed by atoms with van der Waals surface area (Å²) in [7, 11) is 0. The second-order valence-electron chi connectivity index (χ2n) is 7.32. The number of carbonyl (C=O) groups is 4. The minimum atomic E-state index is -0.893. The van der Waals surface area contributed by atoms with Crippen molar-refractivity contribution < 1.29 is 33.4 Å². The van der Waals surface area contributed by atoms with Crippen molar-refractivity contribution in [3.63, 3.8) is 0 Å². The fraction of sp³-hybridized carbons (Fsp3) is 0.250. The summed E-state index contributed by atoms with van der Waals surface area (Å²) in [4.78, 5) is 50.0. The van der Waals surface area contributed by atoms with Gasteiger partial charge in [0, 0.05) is 6.07 Å². The fourth-order valence-corrected chi connectivity index (χ4v) is 3.41. The Labute approximate surface area is 206 Å². The molecule has 0 radical (unpaired) electrons. The van der Waals surface area contributed by atoms with Crippen LogP contribution in [0.4, 0.5) is 10.5 Å². The molecule has 10 nitrogen and oxygen atoms in total. The highest BCUT2D eigenvalue weighted by Gasteiger charge is 2.37. The molecule has 0 saturated carbocycles. The smallest absolute Gasteiger partial charge is 0.335 e. The van der Waals surface area contributed by atoms with E-state index in [9.17, 15) is 19.2 Å². The van der Waals surface area contributed by atoms with E-state index in [2.05, 4.69) is 5.32 Å². The van der Waals surface area contributed by atoms with Crippen molar-refractivity contribution in [2.24, 2.45) is 5.73 Å². The molecular weight excluding hydrogens is 478 g/mol. The number of carbonyl (C=O) groups excluding carboxylic acids is 4. The summed E-state index contributed by atoms with van der Waals surface area (Å²) < 4.78 is 16.5. The van der Waals surface area contributed by atoms with E-state index in [-0.39, 0.29) is 28.6 Å². The van der Waals surface area contributed by atoms with Gasteiger partial charge in [0.2, 0.25) is 0 Å². The summed E-state index contributed by atoms with van der Waals surface area (Å²) >= 11 is 6.17. The molecule has 184 valence electrons. The molecule has 5 amide bonds. The second-order valence-corrected chi connectivity index (χ2v) is 7.72. The number of barbiturate groups is 1. The molecule has 0 spiro atoms. The maximum atomic E-state index is 13.2. The van der Waals surface area contributed by atoms with Crippen LogP contribution in [-0.2, 0) is 14.4 Å². The van der Waals surface area contributed by atoms with Crippen molar-refractivity contribution in [2.75, 3.05) is 24.7 Å². The molecule has 2 aromatic rings. The topological polar surface area (TPSA) is 137 Å². The maximum Gasteiger partial charge on any atom is 0.335 e. The third-order valence-corrected chi connectivity index (χ3v) is 4.98. The molecule has 0 atom stereocenters. The Balaban J connectivity index is 1.92. The van der Waals surface area contributed by atoms with Gasteiger partial charge in [0.1, 0.15) is 11.3 Å². The standard InChI is InChI=1S/C24H24ClN3O7/c1-3-9-34-19-8-6-15(12-20(19)33-4-2)28-23(31)16(22(30)27-24(28)32)10-14-5-7-18(17(25)11-14)35-13-21(26)29/h5-8,10-12H,3-4,9,13H2,1-2H3,(H2,26,29)(H,27,30,32)/b16-10+. The van der Waals surface area contributed by atoms with Crippen LogP contribution in [0.25, 0.3) is 6.08 Å². The molecule has 0 aromatic heterocycles. The van der Waals surface area contributed by atoms with Gasteiger partial charge in [0.15, 0.2) is 18.1 Å². The number of hydrogen-bond acceptors (Lipinski definition) is 7. The van der Waals surface area contributed by atoms with E-state index in [0.717, 1.165) is 11.3 Å². The van der Waals surface area contributed by atoms with Crippen LogP contribution in [0.2, 0.25) is 5.02 Å². The van der Waals surface area contributed by atoms with E-state index in [1.54, 1.807) is 13.0 Å². The molecule has 1 fully saturated rings. The number of hydrogen-bond donors (Lipinski definition) is 2. The largest absolute Gasteiger partial charge is 0.490 e. The van der Waals surface area contributed by atoms with E-state index in [4.69, 9.17) is 31.5 Å². The summed E-state index contributed by atoms with van der Waals surface area (Å²) in [5.41, 5.74) is 5.37. The Morgan fingerprint density at radius 1 is 1.03 bits per heavy atom. The predicted octanol–water partition coefficient (Wildman–Crippen LogP) is 3.06. The number of imide groups is 2. The average molecular weight is 502 g/mol. The van der Waals surface area contributed by atoms with Crippen LogP contribution in [0.15, 0.2) is 42.0 Å². The molecular formula is C24H24ClN3O7. The maximum absolute atomic E-state index is 13.2. The van der Waals surface area contributed by atoms with Crippen molar-refractivity contribution in [1.29, 1.82) is 0 Å². The molecule has 1 aliphatic rings. The van der Waals surface area contributed by atoms with Gasteiger partial charge in [-0.15, -0.1) is 0 Å². The first-order valence-corrected chi connectivity index (χ1v) is 11.1. The van der Waals surface area contributed by atoms with Gasteiger partial charge in [0.25, 0.3) is 17.7 Å². The Morgan fingerprint density at radius 2 is 1.77 bits per heavy atom. The van der Waals surface area contributed by atoms with Crippen LogP contribution in [0, 0.1) is 0 Å². The zero-order valence-electron chi connectivity index (χ0n) is 19.1. The van der Waals surface area contributed by atoms with Crippen LogP contribution < -0.4 is 30.2 Å². The highest BCUT2D eigenvalue weighted by atomic mass is 35.5. The molecule has 2 aromatic carbocycles. The highest BCUT2D eigenvalue weighted by Crippen LogP contribution is 2.34. The van der Waals surface area contributed by atoms with Gasteiger partial charge < -0.3 is 19.9 Å². The van der Waals surface area contributed by atoms with Gasteiger partial charge in [-0.2, -0.15) is 0 Å². The average Bonchev–Trinajstić information content (AvgIpc) is 2.80. The van der Waals surface area contributed by atoms with Crippen LogP contribution in [0.1, 0.15) is 25.8 Å². The summed E-state index contributed by atoms with van der Waals surface area (Å²) in [6.45, 7) is 4.22. The summed E-state index contributed by atoms with van der Waals surface area (Å²) in [6, 6.07) is 8.18. The Bertz CT molecular complexity index is 1200. The minimum absolute atomic E-state index is 0.140. The molecule has 3 N–H and O–H groups in total. The number of nitrogens with zero attached hydrogens (tertiary/aromatic N) is 1. The summed E-state index contributed by atoms with van der Waals surface area (Å²) in [5, 5.41) is 2.31. The van der Waals surface area contributed by atoms with Gasteiger partial charge >= 0.3 is 6.03 Å². The Morgan fingerprint density at radius 3 is 2.43 bits per heavy atom. The van der Waals surface area contributed by atoms with Crippen LogP contribution >= 0.6 is 11.6 Å². The number of urea groups is 1. The molecule has 11 heteroatoms. The number of anilines is 1. The molecule has 35 heavy (non-hydrogen) atoms. The van der Waals surface area contributed by atoms with Crippen LogP contribution in [0.3, 0.4) is 0 Å². The number of nitrogens with two attached hydrogens (primary N) is 1. The number of primary amides is 1. The predicted molar refractivity (Wildman–Crippen MR) is 129 cm³/mol. The molecule has 0 bridgehead atoms. The van der Waals surface area contributed by atoms with Crippen molar-refractivity contribution in [2.45, 2.75) is 20.3 Å². The second kappa shape index (κ2) is 11.4. The lowest BCUT2D eigenvalue weighted by atomic mass is 10.1. The lowest BCUT2D eigenvalue weighted by molar-refractivity contribution is -0.123. The van der Waals surface area contributed by atoms with Crippen molar-refractivity contribution in [3.05, 3.63) is 52.6 Å². The van der Waals surface area contributed by atoms with Gasteiger partial charge in [-0.1, -0.05) is 24.6 Å². The first-order chi connectivity index (χ1) is 16.7. The SMILES string of the molecule is CCCOc1ccc(N2C(=O)NC(=O)/C(=C\c3ccc(OCC(N)=O)c(Cl)c3)C2=O)cc1OCC. The zero-order chi connectivity index (χ0) is 25.5. The number of ether oxygens (including phenoxy) is 3. The van der Waals surface area contributed by atoms with E-state index in [0.29, 0.717) is 30.3 Å². The number of nitrogens with one attached hydrogen (secondary N) is 1. The number of benzene rings is 2. The molecule has 1 aliphatic heterocycles. The van der Waals surface area contributed by atoms with Gasteiger partial charge in [-0.05, 0) is 49.2 Å². The lowest BCUT2D eigenvalue weighted by Gasteiger charge is -2.27.